The summed E-state index contributed by atoms with van der Waals surface area (Å²) in [4.78, 5) is 0. The summed E-state index contributed by atoms with van der Waals surface area (Å²) in [7, 11) is 1.55. The molecule has 5 heteroatoms. The van der Waals surface area contributed by atoms with Gasteiger partial charge in [0.1, 0.15) is 11.4 Å². The van der Waals surface area contributed by atoms with E-state index in [2.05, 4.69) is 5.32 Å². The Morgan fingerprint density at radius 1 is 1.62 bits per heavy atom. The van der Waals surface area contributed by atoms with Gasteiger partial charge in [-0.2, -0.15) is 0 Å². The van der Waals surface area contributed by atoms with Crippen molar-refractivity contribution in [1.82, 2.24) is 0 Å². The van der Waals surface area contributed by atoms with Gasteiger partial charge in [0.2, 0.25) is 0 Å². The lowest BCUT2D eigenvalue weighted by Crippen LogP contribution is -2.40. The maximum atomic E-state index is 10.4. The van der Waals surface area contributed by atoms with Crippen molar-refractivity contribution in [2.24, 2.45) is 5.73 Å². The van der Waals surface area contributed by atoms with Gasteiger partial charge in [0, 0.05) is 24.3 Å². The van der Waals surface area contributed by atoms with Gasteiger partial charge < -0.3 is 20.9 Å². The van der Waals surface area contributed by atoms with Crippen molar-refractivity contribution in [3.05, 3.63) is 22.7 Å². The molecular formula is C11H15ClN2O2. The molecule has 0 aromatic heterocycles. The highest BCUT2D eigenvalue weighted by Crippen LogP contribution is 2.40. The molecule has 0 saturated carbocycles. The van der Waals surface area contributed by atoms with E-state index in [1.807, 2.05) is 0 Å². The molecule has 0 fully saturated rings. The summed E-state index contributed by atoms with van der Waals surface area (Å²) in [6, 6.07) is 3.51. The van der Waals surface area contributed by atoms with Gasteiger partial charge in [-0.1, -0.05) is 11.6 Å². The quantitative estimate of drug-likeness (QED) is 0.732. The van der Waals surface area contributed by atoms with Gasteiger partial charge in [0.25, 0.3) is 0 Å². The molecule has 4 nitrogen and oxygen atoms in total. The van der Waals surface area contributed by atoms with Crippen LogP contribution in [0.4, 0.5) is 5.69 Å². The summed E-state index contributed by atoms with van der Waals surface area (Å²) >= 11 is 6.02. The number of benzene rings is 1. The Kier molecular flexibility index (Phi) is 2.97. The number of rotatable bonds is 2. The summed E-state index contributed by atoms with van der Waals surface area (Å²) in [5.74, 6) is 0.552. The molecule has 88 valence electrons. The van der Waals surface area contributed by atoms with E-state index in [4.69, 9.17) is 22.1 Å². The molecule has 4 N–H and O–H groups in total. The van der Waals surface area contributed by atoms with Crippen molar-refractivity contribution in [3.63, 3.8) is 0 Å². The van der Waals surface area contributed by atoms with Crippen molar-refractivity contribution in [3.8, 4) is 5.75 Å². The SMILES string of the molecule is COc1cc2c(cc1Cl)NCCC2(O)CN. The van der Waals surface area contributed by atoms with Gasteiger partial charge in [0.15, 0.2) is 0 Å². The van der Waals surface area contributed by atoms with Crippen LogP contribution in [0.2, 0.25) is 5.02 Å². The zero-order valence-corrected chi connectivity index (χ0v) is 9.84. The van der Waals surface area contributed by atoms with Crippen LogP contribution in [-0.4, -0.2) is 25.3 Å². The second-order valence-corrected chi connectivity index (χ2v) is 4.35. The van der Waals surface area contributed by atoms with Crippen LogP contribution >= 0.6 is 11.6 Å². The first kappa shape index (κ1) is 11.5. The molecule has 0 aliphatic carbocycles. The highest BCUT2D eigenvalue weighted by molar-refractivity contribution is 6.32. The molecular weight excluding hydrogens is 228 g/mol. The van der Waals surface area contributed by atoms with E-state index < -0.39 is 5.60 Å². The topological polar surface area (TPSA) is 67.5 Å². The second kappa shape index (κ2) is 4.13. The summed E-state index contributed by atoms with van der Waals surface area (Å²) in [6.07, 6.45) is 0.585. The van der Waals surface area contributed by atoms with Crippen molar-refractivity contribution in [2.75, 3.05) is 25.5 Å². The summed E-state index contributed by atoms with van der Waals surface area (Å²) in [5.41, 5.74) is 6.22. The fraction of sp³-hybridized carbons (Fsp3) is 0.455. The second-order valence-electron chi connectivity index (χ2n) is 3.94. The standard InChI is InChI=1S/C11H15ClN2O2/c1-16-10-4-7-9(5-8(10)12)14-3-2-11(7,15)6-13/h4-5,14-15H,2-3,6,13H2,1H3. The Balaban J connectivity index is 2.55. The van der Waals surface area contributed by atoms with Gasteiger partial charge in [-0.15, -0.1) is 0 Å². The normalized spacial score (nSPS) is 23.5. The molecule has 1 aliphatic rings. The largest absolute Gasteiger partial charge is 0.495 e. The maximum absolute atomic E-state index is 10.4. The number of hydrogen-bond acceptors (Lipinski definition) is 4. The fourth-order valence-electron chi connectivity index (χ4n) is 1.99. The minimum absolute atomic E-state index is 0.187. The van der Waals surface area contributed by atoms with E-state index in [0.717, 1.165) is 11.3 Å². The van der Waals surface area contributed by atoms with Crippen molar-refractivity contribution >= 4 is 17.3 Å². The molecule has 16 heavy (non-hydrogen) atoms. The van der Waals surface area contributed by atoms with E-state index in [1.54, 1.807) is 19.2 Å². The van der Waals surface area contributed by atoms with E-state index in [1.165, 1.54) is 0 Å². The number of halogens is 1. The predicted octanol–water partition coefficient (Wildman–Crippen LogP) is 1.31. The first-order valence-electron chi connectivity index (χ1n) is 5.15. The Labute approximate surface area is 99.4 Å². The molecule has 0 saturated heterocycles. The lowest BCUT2D eigenvalue weighted by Gasteiger charge is -2.34. The zero-order chi connectivity index (χ0) is 11.8. The van der Waals surface area contributed by atoms with Crippen LogP contribution < -0.4 is 15.8 Å². The van der Waals surface area contributed by atoms with E-state index >= 15 is 0 Å². The molecule has 0 bridgehead atoms. The minimum Gasteiger partial charge on any atom is -0.495 e. The number of nitrogens with one attached hydrogen (secondary N) is 1. The van der Waals surface area contributed by atoms with Gasteiger partial charge in [0.05, 0.1) is 12.1 Å². The summed E-state index contributed by atoms with van der Waals surface area (Å²) in [5, 5.41) is 14.1. The monoisotopic (exact) mass is 242 g/mol. The van der Waals surface area contributed by atoms with Gasteiger partial charge in [-0.25, -0.2) is 0 Å². The summed E-state index contributed by atoms with van der Waals surface area (Å²) in [6.45, 7) is 0.871. The van der Waals surface area contributed by atoms with Crippen LogP contribution in [0.3, 0.4) is 0 Å². The highest BCUT2D eigenvalue weighted by atomic mass is 35.5. The number of ether oxygens (including phenoxy) is 1. The lowest BCUT2D eigenvalue weighted by molar-refractivity contribution is 0.0375. The molecule has 1 heterocycles. The van der Waals surface area contributed by atoms with Crippen LogP contribution in [0.5, 0.6) is 5.75 Å². The molecule has 1 aromatic rings. The number of nitrogens with two attached hydrogens (primary N) is 1. The first-order chi connectivity index (χ1) is 7.60. The highest BCUT2D eigenvalue weighted by Gasteiger charge is 2.34. The summed E-state index contributed by atoms with van der Waals surface area (Å²) < 4.78 is 5.14. The average Bonchev–Trinajstić information content (AvgIpc) is 2.29. The third-order valence-electron chi connectivity index (χ3n) is 2.99. The Morgan fingerprint density at radius 3 is 3.00 bits per heavy atom. The van der Waals surface area contributed by atoms with E-state index in [9.17, 15) is 5.11 Å². The molecule has 1 atom stereocenters. The number of hydrogen-bond donors (Lipinski definition) is 3. The molecule has 0 spiro atoms. The maximum Gasteiger partial charge on any atom is 0.137 e. The third kappa shape index (κ3) is 1.73. The Bertz CT molecular complexity index is 411. The van der Waals surface area contributed by atoms with E-state index in [0.29, 0.717) is 23.7 Å². The lowest BCUT2D eigenvalue weighted by atomic mass is 9.86. The number of aliphatic hydroxyl groups is 1. The fourth-order valence-corrected chi connectivity index (χ4v) is 2.23. The van der Waals surface area contributed by atoms with Gasteiger partial charge in [-0.3, -0.25) is 0 Å². The molecule has 1 aliphatic heterocycles. The predicted molar refractivity (Wildman–Crippen MR) is 64.1 cm³/mol. The zero-order valence-electron chi connectivity index (χ0n) is 9.09. The molecule has 0 amide bonds. The smallest absolute Gasteiger partial charge is 0.137 e. The number of anilines is 1. The number of fused-ring (bicyclic) bond motifs is 1. The molecule has 1 unspecified atom stereocenters. The molecule has 1 aromatic carbocycles. The first-order valence-corrected chi connectivity index (χ1v) is 5.53. The Hall–Kier alpha value is -0.970. The van der Waals surface area contributed by atoms with Crippen LogP contribution in [0.1, 0.15) is 12.0 Å². The third-order valence-corrected chi connectivity index (χ3v) is 3.28. The van der Waals surface area contributed by atoms with Gasteiger partial charge in [-0.05, 0) is 18.6 Å². The number of methoxy groups -OCH3 is 1. The Morgan fingerprint density at radius 2 is 2.38 bits per heavy atom. The molecule has 2 rings (SSSR count). The van der Waals surface area contributed by atoms with Crippen molar-refractivity contribution in [1.29, 1.82) is 0 Å². The van der Waals surface area contributed by atoms with Crippen LogP contribution in [0.15, 0.2) is 12.1 Å². The van der Waals surface area contributed by atoms with Crippen LogP contribution in [0.25, 0.3) is 0 Å². The van der Waals surface area contributed by atoms with Crippen molar-refractivity contribution in [2.45, 2.75) is 12.0 Å². The minimum atomic E-state index is -0.988. The van der Waals surface area contributed by atoms with Crippen LogP contribution in [-0.2, 0) is 5.60 Å². The van der Waals surface area contributed by atoms with E-state index in [-0.39, 0.29) is 6.54 Å². The molecule has 0 radical (unpaired) electrons. The average molecular weight is 243 g/mol. The van der Waals surface area contributed by atoms with Crippen molar-refractivity contribution < 1.29 is 9.84 Å². The van der Waals surface area contributed by atoms with Crippen LogP contribution in [0, 0.1) is 0 Å². The van der Waals surface area contributed by atoms with Gasteiger partial charge >= 0.3 is 0 Å².